The Balaban J connectivity index is 0.000000177. The molecule has 4 rings (SSSR count). The Morgan fingerprint density at radius 2 is 1.53 bits per heavy atom. The van der Waals surface area contributed by atoms with Crippen molar-refractivity contribution in [1.29, 1.82) is 0 Å². The van der Waals surface area contributed by atoms with Crippen molar-refractivity contribution < 1.29 is 9.53 Å². The van der Waals surface area contributed by atoms with Crippen LogP contribution in [0.1, 0.15) is 48.5 Å². The Hall–Kier alpha value is -2.07. The Kier molecular flexibility index (Phi) is 8.15. The summed E-state index contributed by atoms with van der Waals surface area (Å²) in [5.41, 5.74) is 1.54. The predicted octanol–water partition coefficient (Wildman–Crippen LogP) is 4.03. The number of aryl methyl sites for hydroxylation is 1. The molecule has 2 saturated carbocycles. The van der Waals surface area contributed by atoms with E-state index in [4.69, 9.17) is 4.74 Å². The Bertz CT molecular complexity index is 874. The smallest absolute Gasteiger partial charge is 0.343 e. The topological polar surface area (TPSA) is 102 Å². The highest BCUT2D eigenvalue weighted by Crippen LogP contribution is 2.27. The quantitative estimate of drug-likeness (QED) is 0.349. The molecule has 8 nitrogen and oxygen atoms in total. The van der Waals surface area contributed by atoms with E-state index >= 15 is 0 Å². The van der Waals surface area contributed by atoms with Crippen LogP contribution in [0, 0.1) is 6.92 Å². The van der Waals surface area contributed by atoms with E-state index < -0.39 is 0 Å². The maximum Gasteiger partial charge on any atom is 0.343 e. The van der Waals surface area contributed by atoms with E-state index in [1.807, 2.05) is 25.6 Å². The van der Waals surface area contributed by atoms with E-state index in [2.05, 4.69) is 30.6 Å². The molecule has 2 fully saturated rings. The molecular weight excluding hydrogens is 420 g/mol. The molecule has 2 aromatic heterocycles. The van der Waals surface area contributed by atoms with Crippen LogP contribution in [0.15, 0.2) is 22.7 Å². The maximum absolute atomic E-state index is 11.7. The zero-order valence-corrected chi connectivity index (χ0v) is 19.4. The standard InChI is InChI=1S/C11H15N3O2S.C9H13N3S/c1-3-16-10(15)8-6-12-11(17-2)14-9(8)13-7-4-5-7;1-6-5-10-9(13-2)12-8(6)11-7-3-4-7/h6-7H,3-5H2,1-2H3,(H,12,13,14);5,7H,3-4H2,1-2H3,(H,10,11,12). The van der Waals surface area contributed by atoms with Gasteiger partial charge in [0.15, 0.2) is 10.3 Å². The fraction of sp³-hybridized carbons (Fsp3) is 0.550. The van der Waals surface area contributed by atoms with Crippen molar-refractivity contribution in [3.05, 3.63) is 23.5 Å². The molecule has 0 saturated heterocycles. The second kappa shape index (κ2) is 10.8. The average molecular weight is 449 g/mol. The second-order valence-electron chi connectivity index (χ2n) is 7.06. The minimum absolute atomic E-state index is 0.353. The number of thioether (sulfide) groups is 2. The minimum Gasteiger partial charge on any atom is -0.462 e. The van der Waals surface area contributed by atoms with Crippen molar-refractivity contribution in [2.24, 2.45) is 0 Å². The van der Waals surface area contributed by atoms with Gasteiger partial charge >= 0.3 is 5.97 Å². The number of carbonyl (C=O) groups excluding carboxylic acids is 1. The van der Waals surface area contributed by atoms with E-state index in [0.717, 1.165) is 29.4 Å². The van der Waals surface area contributed by atoms with Gasteiger partial charge in [-0.15, -0.1) is 0 Å². The molecule has 2 N–H and O–H groups in total. The van der Waals surface area contributed by atoms with Crippen LogP contribution in [-0.2, 0) is 4.74 Å². The summed E-state index contributed by atoms with van der Waals surface area (Å²) in [7, 11) is 0. The summed E-state index contributed by atoms with van der Waals surface area (Å²) in [6.07, 6.45) is 12.1. The van der Waals surface area contributed by atoms with Crippen molar-refractivity contribution in [3.8, 4) is 0 Å². The predicted molar refractivity (Wildman–Crippen MR) is 122 cm³/mol. The number of rotatable bonds is 8. The lowest BCUT2D eigenvalue weighted by molar-refractivity contribution is 0.0526. The van der Waals surface area contributed by atoms with Crippen LogP contribution in [0.3, 0.4) is 0 Å². The normalized spacial score (nSPS) is 15.1. The van der Waals surface area contributed by atoms with Crippen LogP contribution in [0.4, 0.5) is 11.6 Å². The highest BCUT2D eigenvalue weighted by atomic mass is 32.2. The zero-order chi connectivity index (χ0) is 21.5. The molecule has 2 aromatic rings. The van der Waals surface area contributed by atoms with Crippen LogP contribution in [0.25, 0.3) is 0 Å². The number of nitrogens with one attached hydrogen (secondary N) is 2. The SMILES string of the molecule is CCOC(=O)c1cnc(SC)nc1NC1CC1.CSc1ncc(C)c(NC2CC2)n1. The third kappa shape index (κ3) is 6.73. The number of hydrogen-bond acceptors (Lipinski definition) is 10. The number of aromatic nitrogens is 4. The molecule has 0 aliphatic heterocycles. The molecule has 2 heterocycles. The molecule has 0 spiro atoms. The summed E-state index contributed by atoms with van der Waals surface area (Å²) >= 11 is 3.03. The second-order valence-corrected chi connectivity index (χ2v) is 8.61. The molecule has 2 aliphatic rings. The molecule has 30 heavy (non-hydrogen) atoms. The minimum atomic E-state index is -0.372. The van der Waals surface area contributed by atoms with Crippen LogP contribution < -0.4 is 10.6 Å². The molecule has 10 heteroatoms. The van der Waals surface area contributed by atoms with Gasteiger partial charge in [-0.2, -0.15) is 0 Å². The molecule has 0 radical (unpaired) electrons. The van der Waals surface area contributed by atoms with E-state index in [9.17, 15) is 4.79 Å². The fourth-order valence-electron chi connectivity index (χ4n) is 2.44. The number of hydrogen-bond donors (Lipinski definition) is 2. The van der Waals surface area contributed by atoms with Gasteiger partial charge < -0.3 is 15.4 Å². The first kappa shape index (κ1) is 22.6. The number of carbonyl (C=O) groups is 1. The molecule has 0 amide bonds. The lowest BCUT2D eigenvalue weighted by atomic mass is 10.3. The van der Waals surface area contributed by atoms with Gasteiger partial charge in [0, 0.05) is 30.0 Å². The van der Waals surface area contributed by atoms with Crippen molar-refractivity contribution in [2.45, 2.75) is 61.9 Å². The van der Waals surface area contributed by atoms with Gasteiger partial charge in [0.25, 0.3) is 0 Å². The molecule has 0 bridgehead atoms. The fourth-order valence-corrected chi connectivity index (χ4v) is 3.13. The molecule has 2 aliphatic carbocycles. The lowest BCUT2D eigenvalue weighted by Gasteiger charge is -2.10. The van der Waals surface area contributed by atoms with Crippen LogP contribution in [0.2, 0.25) is 0 Å². The van der Waals surface area contributed by atoms with E-state index in [1.54, 1.807) is 18.7 Å². The van der Waals surface area contributed by atoms with Crippen molar-refractivity contribution in [1.82, 2.24) is 19.9 Å². The average Bonchev–Trinajstić information content (AvgIpc) is 3.67. The zero-order valence-electron chi connectivity index (χ0n) is 17.8. The first-order chi connectivity index (χ1) is 14.5. The highest BCUT2D eigenvalue weighted by Gasteiger charge is 2.25. The molecular formula is C20H28N6O2S2. The van der Waals surface area contributed by atoms with Gasteiger partial charge in [-0.3, -0.25) is 0 Å². The summed E-state index contributed by atoms with van der Waals surface area (Å²) in [6, 6.07) is 1.09. The van der Waals surface area contributed by atoms with Crippen molar-refractivity contribution in [2.75, 3.05) is 29.8 Å². The van der Waals surface area contributed by atoms with Gasteiger partial charge in [0.1, 0.15) is 17.2 Å². The summed E-state index contributed by atoms with van der Waals surface area (Å²) in [5, 5.41) is 8.12. The van der Waals surface area contributed by atoms with E-state index in [1.165, 1.54) is 30.8 Å². The molecule has 0 atom stereocenters. The Labute approximate surface area is 185 Å². The number of nitrogens with zero attached hydrogens (tertiary/aromatic N) is 4. The number of anilines is 2. The maximum atomic E-state index is 11.7. The first-order valence-corrected chi connectivity index (χ1v) is 12.5. The van der Waals surface area contributed by atoms with Gasteiger partial charge in [-0.25, -0.2) is 24.7 Å². The van der Waals surface area contributed by atoms with Gasteiger partial charge in [-0.1, -0.05) is 23.5 Å². The molecule has 0 aromatic carbocycles. The van der Waals surface area contributed by atoms with Crippen molar-refractivity contribution >= 4 is 41.1 Å². The molecule has 162 valence electrons. The largest absolute Gasteiger partial charge is 0.462 e. The van der Waals surface area contributed by atoms with E-state index in [-0.39, 0.29) is 5.97 Å². The lowest BCUT2D eigenvalue weighted by Crippen LogP contribution is -2.13. The number of ether oxygens (including phenoxy) is 1. The first-order valence-electron chi connectivity index (χ1n) is 10.0. The van der Waals surface area contributed by atoms with Gasteiger partial charge in [0.2, 0.25) is 0 Å². The summed E-state index contributed by atoms with van der Waals surface area (Å²) in [5.74, 6) is 1.22. The third-order valence-corrected chi connectivity index (χ3v) is 5.54. The van der Waals surface area contributed by atoms with Crippen molar-refractivity contribution in [3.63, 3.8) is 0 Å². The van der Waals surface area contributed by atoms with Crippen LogP contribution in [-0.4, -0.2) is 57.1 Å². The molecule has 0 unspecified atom stereocenters. The summed E-state index contributed by atoms with van der Waals surface area (Å²) in [4.78, 5) is 28.7. The highest BCUT2D eigenvalue weighted by molar-refractivity contribution is 7.98. The van der Waals surface area contributed by atoms with Crippen LogP contribution in [0.5, 0.6) is 0 Å². The number of esters is 1. The van der Waals surface area contributed by atoms with Crippen LogP contribution >= 0.6 is 23.5 Å². The Morgan fingerprint density at radius 3 is 2.07 bits per heavy atom. The monoisotopic (exact) mass is 448 g/mol. The van der Waals surface area contributed by atoms with Gasteiger partial charge in [-0.05, 0) is 52.0 Å². The Morgan fingerprint density at radius 1 is 1.00 bits per heavy atom. The summed E-state index contributed by atoms with van der Waals surface area (Å²) < 4.78 is 4.98. The third-order valence-electron chi connectivity index (χ3n) is 4.41. The van der Waals surface area contributed by atoms with E-state index in [0.29, 0.717) is 35.2 Å². The summed E-state index contributed by atoms with van der Waals surface area (Å²) in [6.45, 7) is 4.17. The van der Waals surface area contributed by atoms with Gasteiger partial charge in [0.05, 0.1) is 6.61 Å².